The number of anilines is 2. The summed E-state index contributed by atoms with van der Waals surface area (Å²) in [5.74, 6) is -0.482. The number of hydrogen-bond acceptors (Lipinski definition) is 2. The lowest BCUT2D eigenvalue weighted by molar-refractivity contribution is -0.862. The summed E-state index contributed by atoms with van der Waals surface area (Å²) in [6, 6.07) is 13.5. The largest absolute Gasteiger partial charge is 0.322 e. The van der Waals surface area contributed by atoms with E-state index in [1.807, 2.05) is 24.3 Å². The second-order valence-corrected chi connectivity index (χ2v) is 6.81. The SMILES string of the molecule is CC[C@@H](C)c1ccccc1NC(=O)C[NH+](C)CC(=O)Nc1cccc(F)c1. The lowest BCUT2D eigenvalue weighted by atomic mass is 9.97. The molecule has 0 fully saturated rings. The molecule has 2 atom stereocenters. The van der Waals surface area contributed by atoms with E-state index in [9.17, 15) is 14.0 Å². The van der Waals surface area contributed by atoms with E-state index >= 15 is 0 Å². The Morgan fingerprint density at radius 3 is 2.37 bits per heavy atom. The summed E-state index contributed by atoms with van der Waals surface area (Å²) in [6.07, 6.45) is 0.984. The van der Waals surface area contributed by atoms with Crippen LogP contribution in [0.3, 0.4) is 0 Å². The number of nitrogens with one attached hydrogen (secondary N) is 3. The maximum absolute atomic E-state index is 13.2. The molecule has 0 saturated carbocycles. The van der Waals surface area contributed by atoms with Gasteiger partial charge in [0.1, 0.15) is 5.82 Å². The van der Waals surface area contributed by atoms with Gasteiger partial charge in [0.05, 0.1) is 7.05 Å². The molecular weight excluding hydrogens is 345 g/mol. The Hall–Kier alpha value is -2.73. The summed E-state index contributed by atoms with van der Waals surface area (Å²) in [6.45, 7) is 4.50. The van der Waals surface area contributed by atoms with E-state index in [4.69, 9.17) is 0 Å². The maximum atomic E-state index is 13.2. The number of para-hydroxylation sites is 1. The van der Waals surface area contributed by atoms with Crippen LogP contribution in [0.2, 0.25) is 0 Å². The molecule has 1 unspecified atom stereocenters. The standard InChI is InChI=1S/C21H26FN3O2/c1-4-15(2)18-10-5-6-11-19(18)24-21(27)14-25(3)13-20(26)23-17-9-7-8-16(22)12-17/h5-12,15H,4,13-14H2,1-3H3,(H,23,26)(H,24,27)/p+1/t15-/m1/s1. The third-order valence-electron chi connectivity index (χ3n) is 4.41. The molecule has 0 bridgehead atoms. The number of quaternary nitrogens is 1. The van der Waals surface area contributed by atoms with E-state index in [2.05, 4.69) is 24.5 Å². The summed E-state index contributed by atoms with van der Waals surface area (Å²) in [5, 5.41) is 5.58. The van der Waals surface area contributed by atoms with E-state index in [0.717, 1.165) is 22.6 Å². The first-order chi connectivity index (χ1) is 12.9. The van der Waals surface area contributed by atoms with Crippen molar-refractivity contribution in [2.24, 2.45) is 0 Å². The molecule has 0 aliphatic carbocycles. The predicted octanol–water partition coefficient (Wildman–Crippen LogP) is 2.43. The van der Waals surface area contributed by atoms with Crippen molar-refractivity contribution >= 4 is 23.2 Å². The minimum Gasteiger partial charge on any atom is -0.322 e. The first-order valence-corrected chi connectivity index (χ1v) is 9.14. The lowest BCUT2D eigenvalue weighted by Gasteiger charge is -2.17. The first-order valence-electron chi connectivity index (χ1n) is 9.14. The molecule has 2 aromatic carbocycles. The maximum Gasteiger partial charge on any atom is 0.279 e. The topological polar surface area (TPSA) is 62.6 Å². The van der Waals surface area contributed by atoms with E-state index in [1.54, 1.807) is 13.1 Å². The second-order valence-electron chi connectivity index (χ2n) is 6.81. The molecule has 0 saturated heterocycles. The summed E-state index contributed by atoms with van der Waals surface area (Å²) in [4.78, 5) is 25.2. The molecule has 144 valence electrons. The Bertz CT molecular complexity index is 795. The third kappa shape index (κ3) is 6.49. The van der Waals surface area contributed by atoms with Crippen LogP contribution in [-0.4, -0.2) is 32.0 Å². The number of halogens is 1. The van der Waals surface area contributed by atoms with Gasteiger partial charge >= 0.3 is 0 Å². The first kappa shape index (κ1) is 20.6. The van der Waals surface area contributed by atoms with Crippen LogP contribution >= 0.6 is 0 Å². The molecule has 2 rings (SSSR count). The predicted molar refractivity (Wildman–Crippen MR) is 105 cm³/mol. The average Bonchev–Trinajstić information content (AvgIpc) is 2.61. The number of likely N-dealkylation sites (N-methyl/N-ethyl adjacent to an activating group) is 1. The molecule has 2 amide bonds. The van der Waals surface area contributed by atoms with Crippen LogP contribution in [0.15, 0.2) is 48.5 Å². The van der Waals surface area contributed by atoms with Crippen LogP contribution in [0.5, 0.6) is 0 Å². The highest BCUT2D eigenvalue weighted by atomic mass is 19.1. The van der Waals surface area contributed by atoms with E-state index in [1.165, 1.54) is 18.2 Å². The van der Waals surface area contributed by atoms with Crippen LogP contribution in [0.25, 0.3) is 0 Å². The van der Waals surface area contributed by atoms with Crippen LogP contribution in [0.4, 0.5) is 15.8 Å². The Kier molecular flexibility index (Phi) is 7.49. The van der Waals surface area contributed by atoms with Gasteiger partial charge < -0.3 is 15.5 Å². The van der Waals surface area contributed by atoms with Gasteiger partial charge in [0.25, 0.3) is 11.8 Å². The highest BCUT2D eigenvalue weighted by Gasteiger charge is 2.16. The number of carbonyl (C=O) groups excluding carboxylic acids is 2. The van der Waals surface area contributed by atoms with Crippen molar-refractivity contribution in [3.63, 3.8) is 0 Å². The summed E-state index contributed by atoms with van der Waals surface area (Å²) < 4.78 is 13.2. The molecule has 0 radical (unpaired) electrons. The van der Waals surface area contributed by atoms with Gasteiger partial charge in [0.15, 0.2) is 13.1 Å². The highest BCUT2D eigenvalue weighted by molar-refractivity contribution is 5.93. The summed E-state index contributed by atoms with van der Waals surface area (Å²) in [7, 11) is 1.77. The monoisotopic (exact) mass is 372 g/mol. The fourth-order valence-corrected chi connectivity index (χ4v) is 2.84. The fourth-order valence-electron chi connectivity index (χ4n) is 2.84. The van der Waals surface area contributed by atoms with Gasteiger partial charge in [-0.2, -0.15) is 0 Å². The Morgan fingerprint density at radius 2 is 1.70 bits per heavy atom. The summed E-state index contributed by atoms with van der Waals surface area (Å²) in [5.41, 5.74) is 2.32. The van der Waals surface area contributed by atoms with E-state index in [-0.39, 0.29) is 24.9 Å². The van der Waals surface area contributed by atoms with E-state index in [0.29, 0.717) is 11.6 Å². The zero-order chi connectivity index (χ0) is 19.8. The van der Waals surface area contributed by atoms with E-state index < -0.39 is 5.82 Å². The molecule has 0 spiro atoms. The molecule has 2 aromatic rings. The molecule has 6 heteroatoms. The number of benzene rings is 2. The minimum absolute atomic E-state index is 0.108. The van der Waals surface area contributed by atoms with Crippen LogP contribution < -0.4 is 15.5 Å². The Morgan fingerprint density at radius 1 is 1.04 bits per heavy atom. The number of rotatable bonds is 8. The molecule has 3 N–H and O–H groups in total. The highest BCUT2D eigenvalue weighted by Crippen LogP contribution is 2.26. The van der Waals surface area contributed by atoms with Gasteiger partial charge in [-0.15, -0.1) is 0 Å². The molecule has 27 heavy (non-hydrogen) atoms. The summed E-state index contributed by atoms with van der Waals surface area (Å²) >= 11 is 0. The Balaban J connectivity index is 1.88. The molecule has 0 aliphatic rings. The quantitative estimate of drug-likeness (QED) is 0.666. The van der Waals surface area contributed by atoms with Gasteiger partial charge in [0.2, 0.25) is 0 Å². The van der Waals surface area contributed by atoms with Crippen molar-refractivity contribution in [2.45, 2.75) is 26.2 Å². The molecule has 0 aliphatic heterocycles. The molecular formula is C21H27FN3O2+. The van der Waals surface area contributed by atoms with Crippen molar-refractivity contribution in [2.75, 3.05) is 30.8 Å². The van der Waals surface area contributed by atoms with Gasteiger partial charge in [-0.3, -0.25) is 9.59 Å². The second kappa shape index (κ2) is 9.83. The average molecular weight is 372 g/mol. The van der Waals surface area contributed by atoms with Gasteiger partial charge in [-0.25, -0.2) is 4.39 Å². The fraction of sp³-hybridized carbons (Fsp3) is 0.333. The molecule has 5 nitrogen and oxygen atoms in total. The van der Waals surface area contributed by atoms with Crippen LogP contribution in [0.1, 0.15) is 31.7 Å². The Labute approximate surface area is 159 Å². The van der Waals surface area contributed by atoms with Crippen LogP contribution in [0, 0.1) is 5.82 Å². The number of amides is 2. The van der Waals surface area contributed by atoms with Crippen molar-refractivity contribution in [1.82, 2.24) is 0 Å². The van der Waals surface area contributed by atoms with Crippen molar-refractivity contribution in [3.05, 3.63) is 59.9 Å². The lowest BCUT2D eigenvalue weighted by Crippen LogP contribution is -3.11. The molecule has 0 heterocycles. The van der Waals surface area contributed by atoms with Gasteiger partial charge in [-0.1, -0.05) is 38.1 Å². The smallest absolute Gasteiger partial charge is 0.279 e. The normalized spacial score (nSPS) is 12.9. The van der Waals surface area contributed by atoms with Gasteiger partial charge in [0, 0.05) is 11.4 Å². The van der Waals surface area contributed by atoms with Crippen molar-refractivity contribution in [3.8, 4) is 0 Å². The van der Waals surface area contributed by atoms with Crippen LogP contribution in [-0.2, 0) is 9.59 Å². The minimum atomic E-state index is -0.409. The molecule has 0 aromatic heterocycles. The van der Waals surface area contributed by atoms with Crippen molar-refractivity contribution < 1.29 is 18.9 Å². The van der Waals surface area contributed by atoms with Crippen molar-refractivity contribution in [1.29, 1.82) is 0 Å². The number of hydrogen-bond donors (Lipinski definition) is 3. The zero-order valence-corrected chi connectivity index (χ0v) is 16.0. The zero-order valence-electron chi connectivity index (χ0n) is 16.0. The third-order valence-corrected chi connectivity index (χ3v) is 4.41. The van der Waals surface area contributed by atoms with Gasteiger partial charge in [-0.05, 0) is 42.2 Å². The number of carbonyl (C=O) groups is 2.